The Hall–Kier alpha value is -1.68. The van der Waals surface area contributed by atoms with E-state index in [9.17, 15) is 0 Å². The summed E-state index contributed by atoms with van der Waals surface area (Å²) in [6.45, 7) is 2.13. The second kappa shape index (κ2) is 5.37. The monoisotopic (exact) mass is 271 g/mol. The van der Waals surface area contributed by atoms with Crippen LogP contribution in [-0.4, -0.2) is 10.1 Å². The Labute approximate surface area is 119 Å². The minimum absolute atomic E-state index is 0.155. The summed E-state index contributed by atoms with van der Waals surface area (Å²) in [5, 5.41) is 4.15. The van der Waals surface area contributed by atoms with Gasteiger partial charge in [-0.2, -0.15) is 4.98 Å². The molecule has 1 aromatic heterocycles. The molecular formula is C16H21N3O. The number of nitrogens with zero attached hydrogens (tertiary/aromatic N) is 2. The van der Waals surface area contributed by atoms with Crippen LogP contribution in [-0.2, 0) is 5.54 Å². The Morgan fingerprint density at radius 1 is 1.25 bits per heavy atom. The molecule has 1 aliphatic carbocycles. The van der Waals surface area contributed by atoms with Gasteiger partial charge in [0.15, 0.2) is 5.82 Å². The number of benzene rings is 1. The first-order chi connectivity index (χ1) is 9.73. The Balaban J connectivity index is 1.89. The van der Waals surface area contributed by atoms with Gasteiger partial charge in [-0.1, -0.05) is 55.3 Å². The fourth-order valence-electron chi connectivity index (χ4n) is 3.05. The molecule has 2 N–H and O–H groups in total. The predicted octanol–water partition coefficient (Wildman–Crippen LogP) is 3.34. The van der Waals surface area contributed by atoms with Gasteiger partial charge in [-0.25, -0.2) is 0 Å². The topological polar surface area (TPSA) is 64.9 Å². The van der Waals surface area contributed by atoms with E-state index in [2.05, 4.69) is 29.2 Å². The molecule has 20 heavy (non-hydrogen) atoms. The highest BCUT2D eigenvalue weighted by molar-refractivity contribution is 5.24. The largest absolute Gasteiger partial charge is 0.339 e. The Morgan fingerprint density at radius 2 is 1.95 bits per heavy atom. The van der Waals surface area contributed by atoms with Gasteiger partial charge >= 0.3 is 0 Å². The first-order valence-corrected chi connectivity index (χ1v) is 7.41. The third-order valence-corrected chi connectivity index (χ3v) is 4.29. The molecule has 1 aliphatic rings. The van der Waals surface area contributed by atoms with Crippen molar-refractivity contribution in [3.63, 3.8) is 0 Å². The summed E-state index contributed by atoms with van der Waals surface area (Å²) in [5.41, 5.74) is 7.22. The lowest BCUT2D eigenvalue weighted by Gasteiger charge is -2.18. The molecule has 0 radical (unpaired) electrons. The van der Waals surface area contributed by atoms with Crippen molar-refractivity contribution >= 4 is 0 Å². The van der Waals surface area contributed by atoms with Gasteiger partial charge in [-0.15, -0.1) is 0 Å². The van der Waals surface area contributed by atoms with Gasteiger partial charge in [0.1, 0.15) is 0 Å². The summed E-state index contributed by atoms with van der Waals surface area (Å²) in [4.78, 5) is 4.61. The van der Waals surface area contributed by atoms with Gasteiger partial charge in [0.05, 0.1) is 11.5 Å². The zero-order valence-corrected chi connectivity index (χ0v) is 11.9. The van der Waals surface area contributed by atoms with Gasteiger partial charge in [0.2, 0.25) is 5.89 Å². The Kier molecular flexibility index (Phi) is 3.57. The lowest BCUT2D eigenvalue weighted by Crippen LogP contribution is -2.34. The van der Waals surface area contributed by atoms with Crippen LogP contribution >= 0.6 is 0 Å². The van der Waals surface area contributed by atoms with Crippen LogP contribution in [0.15, 0.2) is 34.9 Å². The quantitative estimate of drug-likeness (QED) is 0.926. The van der Waals surface area contributed by atoms with Crippen molar-refractivity contribution in [2.24, 2.45) is 5.73 Å². The van der Waals surface area contributed by atoms with E-state index in [1.165, 1.54) is 5.56 Å². The van der Waals surface area contributed by atoms with Crippen LogP contribution in [0.4, 0.5) is 0 Å². The molecule has 1 unspecified atom stereocenters. The van der Waals surface area contributed by atoms with Crippen molar-refractivity contribution in [3.8, 4) is 0 Å². The van der Waals surface area contributed by atoms with Gasteiger partial charge in [-0.3, -0.25) is 0 Å². The van der Waals surface area contributed by atoms with Gasteiger partial charge < -0.3 is 10.3 Å². The van der Waals surface area contributed by atoms with Crippen molar-refractivity contribution in [3.05, 3.63) is 47.6 Å². The number of aromatic nitrogens is 2. The Morgan fingerprint density at radius 3 is 2.60 bits per heavy atom. The molecule has 0 aliphatic heterocycles. The van der Waals surface area contributed by atoms with E-state index in [1.807, 2.05) is 18.2 Å². The second-order valence-electron chi connectivity index (χ2n) is 5.69. The van der Waals surface area contributed by atoms with E-state index in [-0.39, 0.29) is 11.5 Å². The van der Waals surface area contributed by atoms with Crippen LogP contribution in [0.3, 0.4) is 0 Å². The number of hydrogen-bond donors (Lipinski definition) is 1. The molecule has 1 fully saturated rings. The number of rotatable bonds is 4. The zero-order valence-electron chi connectivity index (χ0n) is 11.9. The Bertz CT molecular complexity index is 558. The van der Waals surface area contributed by atoms with E-state index in [1.54, 1.807) is 0 Å². The summed E-state index contributed by atoms with van der Waals surface area (Å²) in [5.74, 6) is 1.52. The van der Waals surface area contributed by atoms with Crippen molar-refractivity contribution in [2.45, 2.75) is 50.5 Å². The van der Waals surface area contributed by atoms with E-state index < -0.39 is 0 Å². The van der Waals surface area contributed by atoms with Crippen LogP contribution in [0.1, 0.15) is 62.2 Å². The maximum absolute atomic E-state index is 6.39. The molecule has 4 nitrogen and oxygen atoms in total. The van der Waals surface area contributed by atoms with E-state index in [0.29, 0.717) is 11.7 Å². The molecule has 2 aromatic rings. The number of nitrogens with two attached hydrogens (primary N) is 1. The maximum Gasteiger partial charge on any atom is 0.234 e. The van der Waals surface area contributed by atoms with Gasteiger partial charge in [-0.05, 0) is 24.8 Å². The molecule has 3 rings (SSSR count). The van der Waals surface area contributed by atoms with Crippen molar-refractivity contribution in [1.82, 2.24) is 10.1 Å². The fourth-order valence-corrected chi connectivity index (χ4v) is 3.05. The summed E-state index contributed by atoms with van der Waals surface area (Å²) in [7, 11) is 0. The zero-order chi connectivity index (χ0) is 14.0. The minimum atomic E-state index is -0.378. The van der Waals surface area contributed by atoms with E-state index >= 15 is 0 Å². The molecule has 0 saturated heterocycles. The molecule has 0 spiro atoms. The normalized spacial score (nSPS) is 19.1. The molecule has 1 heterocycles. The fraction of sp³-hybridized carbons (Fsp3) is 0.500. The molecule has 1 saturated carbocycles. The highest BCUT2D eigenvalue weighted by atomic mass is 16.5. The molecule has 0 bridgehead atoms. The highest BCUT2D eigenvalue weighted by Crippen LogP contribution is 2.36. The maximum atomic E-state index is 6.39. The average molecular weight is 271 g/mol. The number of hydrogen-bond acceptors (Lipinski definition) is 4. The first kappa shape index (κ1) is 13.3. The lowest BCUT2D eigenvalue weighted by molar-refractivity contribution is 0.339. The highest BCUT2D eigenvalue weighted by Gasteiger charge is 2.36. The van der Waals surface area contributed by atoms with Crippen LogP contribution in [0.2, 0.25) is 0 Å². The minimum Gasteiger partial charge on any atom is -0.339 e. The first-order valence-electron chi connectivity index (χ1n) is 7.41. The van der Waals surface area contributed by atoms with Crippen LogP contribution in [0.5, 0.6) is 0 Å². The third-order valence-electron chi connectivity index (χ3n) is 4.29. The molecule has 0 amide bonds. The molecule has 1 aromatic carbocycles. The average Bonchev–Trinajstić information content (AvgIpc) is 3.11. The molecule has 1 atom stereocenters. The molecule has 106 valence electrons. The standard InChI is InChI=1S/C16H21N3O/c1-2-13(12-8-4-3-5-9-12)14-18-15(19-20-14)16(17)10-6-7-11-16/h3-5,8-9,13H,2,6-7,10-11,17H2,1H3. The van der Waals surface area contributed by atoms with Gasteiger partial charge in [0, 0.05) is 0 Å². The summed E-state index contributed by atoms with van der Waals surface area (Å²) >= 11 is 0. The van der Waals surface area contributed by atoms with Crippen LogP contribution in [0, 0.1) is 0 Å². The van der Waals surface area contributed by atoms with Crippen LogP contribution < -0.4 is 5.73 Å². The summed E-state index contributed by atoms with van der Waals surface area (Å²) in [6, 6.07) is 10.3. The third kappa shape index (κ3) is 2.36. The second-order valence-corrected chi connectivity index (χ2v) is 5.69. The van der Waals surface area contributed by atoms with Gasteiger partial charge in [0.25, 0.3) is 0 Å². The van der Waals surface area contributed by atoms with Crippen molar-refractivity contribution in [1.29, 1.82) is 0 Å². The summed E-state index contributed by atoms with van der Waals surface area (Å²) < 4.78 is 5.51. The SMILES string of the molecule is CCC(c1ccccc1)c1nc(C2(N)CCCC2)no1. The van der Waals surface area contributed by atoms with Crippen LogP contribution in [0.25, 0.3) is 0 Å². The van der Waals surface area contributed by atoms with E-state index in [4.69, 9.17) is 10.3 Å². The van der Waals surface area contributed by atoms with Crippen molar-refractivity contribution in [2.75, 3.05) is 0 Å². The molecule has 4 heteroatoms. The predicted molar refractivity (Wildman–Crippen MR) is 77.2 cm³/mol. The summed E-state index contributed by atoms with van der Waals surface area (Å²) in [6.07, 6.45) is 5.14. The van der Waals surface area contributed by atoms with E-state index in [0.717, 1.165) is 32.1 Å². The smallest absolute Gasteiger partial charge is 0.234 e. The lowest BCUT2D eigenvalue weighted by atomic mass is 9.96. The van der Waals surface area contributed by atoms with Crippen molar-refractivity contribution < 1.29 is 4.52 Å². The molecular weight excluding hydrogens is 250 g/mol.